The minimum absolute atomic E-state index is 0.336. The van der Waals surface area contributed by atoms with Crippen LogP contribution in [0.25, 0.3) is 0 Å². The Morgan fingerprint density at radius 3 is 2.50 bits per heavy atom. The summed E-state index contributed by atoms with van der Waals surface area (Å²) in [5.74, 6) is 5.14. The molecule has 1 aromatic carbocycles. The molecular weight excluding hydrogens is 312 g/mol. The molecule has 6 saturated carbocycles. The Balaban J connectivity index is 1.65. The molecule has 1 N–H and O–H groups in total. The van der Waals surface area contributed by atoms with Gasteiger partial charge in [-0.25, -0.2) is 0 Å². The molecule has 7 rings (SSSR count). The maximum Gasteiger partial charge on any atom is 0.0966 e. The molecule has 0 heterocycles. The average molecular weight is 331 g/mol. The van der Waals surface area contributed by atoms with Gasteiger partial charge in [0.25, 0.3) is 0 Å². The largest absolute Gasteiger partial charge is 0.385 e. The monoisotopic (exact) mass is 330 g/mol. The predicted molar refractivity (Wildman–Crippen MR) is 80.2 cm³/mol. The fourth-order valence-electron chi connectivity index (χ4n) is 8.28. The van der Waals surface area contributed by atoms with E-state index in [-0.39, 0.29) is 0 Å². The number of alkyl halides is 1. The zero-order chi connectivity index (χ0) is 13.4. The van der Waals surface area contributed by atoms with E-state index in [2.05, 4.69) is 53.2 Å². The number of benzene rings is 1. The number of aliphatic hydroxyl groups is 1. The van der Waals surface area contributed by atoms with Crippen LogP contribution in [-0.2, 0) is 5.60 Å². The number of halogens is 1. The van der Waals surface area contributed by atoms with Gasteiger partial charge < -0.3 is 5.11 Å². The summed E-state index contributed by atoms with van der Waals surface area (Å²) in [6.07, 6.45) is 1.40. The van der Waals surface area contributed by atoms with Crippen LogP contribution in [0.1, 0.15) is 18.9 Å². The van der Waals surface area contributed by atoms with Crippen molar-refractivity contribution in [2.75, 3.05) is 0 Å². The zero-order valence-corrected chi connectivity index (χ0v) is 13.1. The summed E-state index contributed by atoms with van der Waals surface area (Å²) in [7, 11) is 0. The lowest BCUT2D eigenvalue weighted by molar-refractivity contribution is -0.0284. The molecule has 0 unspecified atom stereocenters. The molecule has 0 radical (unpaired) electrons. The second-order valence-corrected chi connectivity index (χ2v) is 9.19. The third kappa shape index (κ3) is 0.772. The van der Waals surface area contributed by atoms with Crippen molar-refractivity contribution in [3.05, 3.63) is 35.9 Å². The smallest absolute Gasteiger partial charge is 0.0966 e. The molecule has 6 bridgehead atoms. The van der Waals surface area contributed by atoms with Crippen LogP contribution in [0.15, 0.2) is 30.3 Å². The van der Waals surface area contributed by atoms with Crippen LogP contribution in [0.3, 0.4) is 0 Å². The summed E-state index contributed by atoms with van der Waals surface area (Å²) in [6, 6.07) is 10.6. The standard InChI is InChI=1S/C18H19BrO/c1-17-13-10-7-9-11(12(10)16(17)19)15(17)18(20,14(9)13)8-5-3-2-4-6-8/h2-6,9-16,20H,7H2,1H3/t9-,10+,11+,12+,13-,14-,15-,16+,17-,18-/m0/s1. The van der Waals surface area contributed by atoms with Crippen LogP contribution in [0, 0.1) is 46.8 Å². The van der Waals surface area contributed by atoms with Crippen LogP contribution < -0.4 is 0 Å². The first kappa shape index (κ1) is 11.3. The van der Waals surface area contributed by atoms with Gasteiger partial charge in [-0.2, -0.15) is 0 Å². The highest BCUT2D eigenvalue weighted by Crippen LogP contribution is 2.91. The molecule has 0 aromatic heterocycles. The summed E-state index contributed by atoms with van der Waals surface area (Å²) in [4.78, 5) is 0.646. The Hall–Kier alpha value is -0.340. The van der Waals surface area contributed by atoms with Crippen LogP contribution in [0.2, 0.25) is 0 Å². The average Bonchev–Trinajstić information content (AvgIpc) is 3.16. The van der Waals surface area contributed by atoms with Crippen LogP contribution >= 0.6 is 15.9 Å². The lowest BCUT2D eigenvalue weighted by atomic mass is 9.64. The van der Waals surface area contributed by atoms with E-state index in [0.29, 0.717) is 22.1 Å². The molecule has 1 nitrogen and oxygen atoms in total. The highest BCUT2D eigenvalue weighted by Gasteiger charge is 2.91. The van der Waals surface area contributed by atoms with Crippen molar-refractivity contribution in [1.29, 1.82) is 0 Å². The highest BCUT2D eigenvalue weighted by atomic mass is 79.9. The van der Waals surface area contributed by atoms with Gasteiger partial charge in [-0.15, -0.1) is 0 Å². The molecule has 0 saturated heterocycles. The van der Waals surface area contributed by atoms with Gasteiger partial charge in [-0.05, 0) is 52.9 Å². The number of rotatable bonds is 1. The molecule has 2 heteroatoms. The van der Waals surface area contributed by atoms with Gasteiger partial charge in [0.05, 0.1) is 5.60 Å². The fraction of sp³-hybridized carbons (Fsp3) is 0.667. The summed E-state index contributed by atoms with van der Waals surface area (Å²) in [5.41, 5.74) is 0.990. The van der Waals surface area contributed by atoms with Gasteiger partial charge in [0.1, 0.15) is 0 Å². The molecule has 0 spiro atoms. The molecule has 6 fully saturated rings. The molecule has 6 aliphatic carbocycles. The summed E-state index contributed by atoms with van der Waals surface area (Å²) in [6.45, 7) is 2.48. The zero-order valence-electron chi connectivity index (χ0n) is 11.5. The van der Waals surface area contributed by atoms with Gasteiger partial charge in [0.2, 0.25) is 0 Å². The highest BCUT2D eigenvalue weighted by molar-refractivity contribution is 9.09. The van der Waals surface area contributed by atoms with Gasteiger partial charge in [0, 0.05) is 10.7 Å². The molecule has 0 aliphatic heterocycles. The van der Waals surface area contributed by atoms with E-state index in [1.807, 2.05) is 0 Å². The molecule has 1 aromatic rings. The first-order valence-corrected chi connectivity index (χ1v) is 8.94. The van der Waals surface area contributed by atoms with Crippen molar-refractivity contribution in [3.63, 3.8) is 0 Å². The van der Waals surface area contributed by atoms with E-state index >= 15 is 0 Å². The van der Waals surface area contributed by atoms with E-state index in [0.717, 1.165) is 29.6 Å². The Morgan fingerprint density at radius 2 is 1.80 bits per heavy atom. The molecule has 0 amide bonds. The first-order valence-electron chi connectivity index (χ1n) is 8.03. The molecule has 10 atom stereocenters. The SMILES string of the molecule is C[C@@]12[C@H]3[C@@H]4C[C@H]5[C@H]([C@@H]4[C@H]1Br)[C@@H]2[C@](O)(c1ccccc1)[C@@H]53. The van der Waals surface area contributed by atoms with Crippen LogP contribution in [0.5, 0.6) is 0 Å². The normalized spacial score (nSPS) is 67.0. The Labute approximate surface area is 127 Å². The second kappa shape index (κ2) is 2.92. The topological polar surface area (TPSA) is 20.2 Å². The van der Waals surface area contributed by atoms with Gasteiger partial charge in [-0.1, -0.05) is 53.2 Å². The van der Waals surface area contributed by atoms with E-state index in [1.54, 1.807) is 0 Å². The molecule has 20 heavy (non-hydrogen) atoms. The third-order valence-corrected chi connectivity index (χ3v) is 9.81. The Morgan fingerprint density at radius 1 is 1.10 bits per heavy atom. The minimum atomic E-state index is -0.540. The molecular formula is C18H19BrO. The van der Waals surface area contributed by atoms with Crippen molar-refractivity contribution < 1.29 is 5.11 Å². The Bertz CT molecular complexity index is 628. The first-order chi connectivity index (χ1) is 9.61. The van der Waals surface area contributed by atoms with Crippen molar-refractivity contribution in [2.45, 2.75) is 23.8 Å². The number of hydrogen-bond acceptors (Lipinski definition) is 1. The van der Waals surface area contributed by atoms with Crippen LogP contribution in [-0.4, -0.2) is 9.93 Å². The van der Waals surface area contributed by atoms with Crippen molar-refractivity contribution in [1.82, 2.24) is 0 Å². The van der Waals surface area contributed by atoms with Gasteiger partial charge in [0.15, 0.2) is 0 Å². The van der Waals surface area contributed by atoms with Crippen molar-refractivity contribution in [3.8, 4) is 0 Å². The number of hydrogen-bond donors (Lipinski definition) is 1. The van der Waals surface area contributed by atoms with Crippen molar-refractivity contribution >= 4 is 15.9 Å². The van der Waals surface area contributed by atoms with Crippen LogP contribution in [0.4, 0.5) is 0 Å². The quantitative estimate of drug-likeness (QED) is 0.782. The maximum atomic E-state index is 11.8. The van der Waals surface area contributed by atoms with Gasteiger partial charge >= 0.3 is 0 Å². The second-order valence-electron chi connectivity index (χ2n) is 8.21. The molecule has 104 valence electrons. The summed E-state index contributed by atoms with van der Waals surface area (Å²) < 4.78 is 0. The Kier molecular flexibility index (Phi) is 1.64. The third-order valence-electron chi connectivity index (χ3n) is 8.21. The summed E-state index contributed by atoms with van der Waals surface area (Å²) in [5, 5.41) is 11.8. The van der Waals surface area contributed by atoms with Crippen molar-refractivity contribution in [2.24, 2.45) is 46.8 Å². The predicted octanol–water partition coefficient (Wildman–Crippen LogP) is 3.42. The van der Waals surface area contributed by atoms with E-state index in [1.165, 1.54) is 12.0 Å². The van der Waals surface area contributed by atoms with E-state index < -0.39 is 5.60 Å². The maximum absolute atomic E-state index is 11.8. The lowest BCUT2D eigenvalue weighted by Gasteiger charge is -2.40. The van der Waals surface area contributed by atoms with E-state index in [9.17, 15) is 5.11 Å². The fourth-order valence-corrected chi connectivity index (χ4v) is 9.61. The minimum Gasteiger partial charge on any atom is -0.385 e. The van der Waals surface area contributed by atoms with E-state index in [4.69, 9.17) is 0 Å². The van der Waals surface area contributed by atoms with Gasteiger partial charge in [-0.3, -0.25) is 0 Å². The molecule has 6 aliphatic rings. The summed E-state index contributed by atoms with van der Waals surface area (Å²) >= 11 is 4.06. The lowest BCUT2D eigenvalue weighted by Crippen LogP contribution is -2.38.